The quantitative estimate of drug-likeness (QED) is 0.439. The molecule has 0 amide bonds. The lowest BCUT2D eigenvalue weighted by molar-refractivity contribution is 0.413. The van der Waals surface area contributed by atoms with E-state index in [9.17, 15) is 13.2 Å². The zero-order valence-electron chi connectivity index (χ0n) is 22.5. The van der Waals surface area contributed by atoms with Crippen LogP contribution < -0.4 is 15.2 Å². The number of nitrogens with zero attached hydrogens (tertiary/aromatic N) is 5. The number of hydrogen-bond donors (Lipinski definition) is 2. The number of rotatable bonds is 7. The molecular formula is C25H38N6O5S. The van der Waals surface area contributed by atoms with E-state index in [1.807, 2.05) is 25.2 Å². The third kappa shape index (κ3) is 7.53. The van der Waals surface area contributed by atoms with Gasteiger partial charge < -0.3 is 19.5 Å². The van der Waals surface area contributed by atoms with Crippen molar-refractivity contribution < 1.29 is 17.7 Å². The number of anilines is 1. The van der Waals surface area contributed by atoms with Gasteiger partial charge in [0.2, 0.25) is 0 Å². The summed E-state index contributed by atoms with van der Waals surface area (Å²) in [6, 6.07) is 5.99. The van der Waals surface area contributed by atoms with Gasteiger partial charge in [0.05, 0.1) is 24.6 Å². The van der Waals surface area contributed by atoms with Crippen molar-refractivity contribution in [3.05, 3.63) is 34.2 Å². The second kappa shape index (κ2) is 12.1. The summed E-state index contributed by atoms with van der Waals surface area (Å²) >= 11 is 0. The number of nitrogens with one attached hydrogen (secondary N) is 1. The highest BCUT2D eigenvalue weighted by Gasteiger charge is 2.25. The van der Waals surface area contributed by atoms with Gasteiger partial charge in [0.15, 0.2) is 5.65 Å². The number of aromatic nitrogens is 4. The second-order valence-electron chi connectivity index (χ2n) is 9.80. The third-order valence-electron chi connectivity index (χ3n) is 6.48. The number of hydrogen-bond acceptors (Lipinski definition) is 8. The molecule has 1 fully saturated rings. The highest BCUT2D eigenvalue weighted by molar-refractivity contribution is 7.85. The number of H-pyrrole nitrogens is 1. The Kier molecular flexibility index (Phi) is 9.32. The molecule has 11 nitrogen and oxygen atoms in total. The van der Waals surface area contributed by atoms with Gasteiger partial charge in [0.25, 0.3) is 15.7 Å². The summed E-state index contributed by atoms with van der Waals surface area (Å²) in [4.78, 5) is 25.3. The van der Waals surface area contributed by atoms with Gasteiger partial charge in [-0.3, -0.25) is 9.35 Å². The van der Waals surface area contributed by atoms with Crippen LogP contribution >= 0.6 is 0 Å². The van der Waals surface area contributed by atoms with E-state index in [1.54, 1.807) is 11.8 Å². The van der Waals surface area contributed by atoms with Gasteiger partial charge in [-0.2, -0.15) is 13.5 Å². The fourth-order valence-electron chi connectivity index (χ4n) is 4.57. The molecule has 204 valence electrons. The molecule has 1 aliphatic rings. The largest absolute Gasteiger partial charge is 0.496 e. The van der Waals surface area contributed by atoms with Gasteiger partial charge in [0.1, 0.15) is 17.0 Å². The van der Waals surface area contributed by atoms with Crippen LogP contribution in [0.4, 0.5) is 5.69 Å². The highest BCUT2D eigenvalue weighted by atomic mass is 32.2. The van der Waals surface area contributed by atoms with Gasteiger partial charge in [-0.1, -0.05) is 19.3 Å². The van der Waals surface area contributed by atoms with E-state index in [-0.39, 0.29) is 5.56 Å². The van der Waals surface area contributed by atoms with Gasteiger partial charge in [-0.25, -0.2) is 9.67 Å². The Morgan fingerprint density at radius 3 is 2.41 bits per heavy atom. The lowest BCUT2D eigenvalue weighted by atomic mass is 9.86. The molecule has 2 heterocycles. The zero-order chi connectivity index (χ0) is 27.3. The summed E-state index contributed by atoms with van der Waals surface area (Å²) in [5, 5.41) is 5.34. The smallest absolute Gasteiger partial charge is 0.262 e. The van der Waals surface area contributed by atoms with Crippen molar-refractivity contribution in [1.82, 2.24) is 24.6 Å². The first-order valence-corrected chi connectivity index (χ1v) is 14.2. The summed E-state index contributed by atoms with van der Waals surface area (Å²) in [5.41, 5.74) is 3.20. The van der Waals surface area contributed by atoms with Crippen LogP contribution in [-0.2, 0) is 17.2 Å². The predicted molar refractivity (Wildman–Crippen MR) is 146 cm³/mol. The lowest BCUT2D eigenvalue weighted by Crippen LogP contribution is -2.28. The molecule has 0 bridgehead atoms. The Hall–Kier alpha value is -2.96. The van der Waals surface area contributed by atoms with Crippen molar-refractivity contribution in [2.45, 2.75) is 38.0 Å². The Balaban J connectivity index is 0.000000695. The Morgan fingerprint density at radius 2 is 1.81 bits per heavy atom. The van der Waals surface area contributed by atoms with Crippen LogP contribution in [0.15, 0.2) is 23.0 Å². The molecule has 0 aliphatic heterocycles. The first-order valence-electron chi connectivity index (χ1n) is 12.3. The van der Waals surface area contributed by atoms with Crippen LogP contribution in [0.25, 0.3) is 22.4 Å². The van der Waals surface area contributed by atoms with Crippen LogP contribution in [0.2, 0.25) is 0 Å². The predicted octanol–water partition coefficient (Wildman–Crippen LogP) is 2.88. The summed E-state index contributed by atoms with van der Waals surface area (Å²) in [7, 11) is 6.03. The van der Waals surface area contributed by atoms with Crippen LogP contribution in [0.1, 0.15) is 43.7 Å². The molecule has 0 atom stereocenters. The number of likely N-dealkylation sites (N-methyl/N-ethyl adjacent to an activating group) is 2. The van der Waals surface area contributed by atoms with Crippen LogP contribution in [0, 0.1) is 0 Å². The maximum absolute atomic E-state index is 13.2. The number of aryl methyl sites for hydroxylation is 1. The van der Waals surface area contributed by atoms with E-state index in [2.05, 4.69) is 35.9 Å². The molecule has 0 unspecified atom stereocenters. The van der Waals surface area contributed by atoms with Gasteiger partial charge in [-0.05, 0) is 39.1 Å². The van der Waals surface area contributed by atoms with Crippen molar-refractivity contribution in [1.29, 1.82) is 0 Å². The lowest BCUT2D eigenvalue weighted by Gasteiger charge is -2.22. The van der Waals surface area contributed by atoms with E-state index >= 15 is 0 Å². The maximum atomic E-state index is 13.2. The van der Waals surface area contributed by atoms with E-state index < -0.39 is 10.1 Å². The van der Waals surface area contributed by atoms with Gasteiger partial charge in [0, 0.05) is 44.9 Å². The fraction of sp³-hybridized carbons (Fsp3) is 0.560. The summed E-state index contributed by atoms with van der Waals surface area (Å²) < 4.78 is 33.3. The molecule has 2 aromatic heterocycles. The maximum Gasteiger partial charge on any atom is 0.262 e. The minimum atomic E-state index is -3.67. The average molecular weight is 535 g/mol. The number of benzene rings is 1. The molecule has 1 saturated carbocycles. The Labute approximate surface area is 218 Å². The number of aromatic amines is 1. The van der Waals surface area contributed by atoms with Gasteiger partial charge in [-0.15, -0.1) is 0 Å². The van der Waals surface area contributed by atoms with E-state index in [0.29, 0.717) is 34.8 Å². The molecule has 1 aromatic carbocycles. The molecule has 1 aliphatic carbocycles. The van der Waals surface area contributed by atoms with E-state index in [0.717, 1.165) is 42.9 Å². The Bertz CT molecular complexity index is 1370. The summed E-state index contributed by atoms with van der Waals surface area (Å²) in [6.45, 7) is 1.85. The number of fused-ring (bicyclic) bond motifs is 1. The van der Waals surface area contributed by atoms with Crippen molar-refractivity contribution in [2.75, 3.05) is 52.5 Å². The van der Waals surface area contributed by atoms with Crippen molar-refractivity contribution in [3.8, 4) is 17.1 Å². The van der Waals surface area contributed by atoms with Crippen LogP contribution in [0.5, 0.6) is 5.75 Å². The molecule has 37 heavy (non-hydrogen) atoms. The molecule has 0 radical (unpaired) electrons. The Morgan fingerprint density at radius 1 is 1.16 bits per heavy atom. The first kappa shape index (κ1) is 28.6. The van der Waals surface area contributed by atoms with Crippen molar-refractivity contribution in [2.24, 2.45) is 7.05 Å². The summed E-state index contributed by atoms with van der Waals surface area (Å²) in [6.07, 6.45) is 6.54. The van der Waals surface area contributed by atoms with E-state index in [4.69, 9.17) is 19.4 Å². The standard InChI is InChI=1S/C24H34N6O2.CH4O3S/c1-28(2)13-14-29(3)17-11-12-18(19(15-17)32-5)22-25-23-20(24(31)26-22)21(27-30(23)4)16-9-7-6-8-10-16;1-5(2,3)4/h11-12,15-16H,6-10,13-14H2,1-5H3,(H,25,26,31);1H3,(H,2,3,4). The molecule has 2 N–H and O–H groups in total. The molecule has 12 heteroatoms. The van der Waals surface area contributed by atoms with E-state index in [1.165, 1.54) is 19.3 Å². The normalized spacial score (nSPS) is 14.5. The highest BCUT2D eigenvalue weighted by Crippen LogP contribution is 2.35. The minimum Gasteiger partial charge on any atom is -0.496 e. The van der Waals surface area contributed by atoms with Crippen molar-refractivity contribution >= 4 is 26.8 Å². The molecule has 0 spiro atoms. The molecule has 3 aromatic rings. The molecule has 0 saturated heterocycles. The fourth-order valence-corrected chi connectivity index (χ4v) is 4.57. The monoisotopic (exact) mass is 534 g/mol. The molecule has 4 rings (SSSR count). The van der Waals surface area contributed by atoms with Crippen LogP contribution in [0.3, 0.4) is 0 Å². The summed E-state index contributed by atoms with van der Waals surface area (Å²) in [5.74, 6) is 1.52. The first-order chi connectivity index (χ1) is 17.4. The number of ether oxygens (including phenoxy) is 1. The van der Waals surface area contributed by atoms with Gasteiger partial charge >= 0.3 is 0 Å². The molecular weight excluding hydrogens is 496 g/mol. The van der Waals surface area contributed by atoms with Crippen LogP contribution in [-0.4, -0.2) is 85.2 Å². The average Bonchev–Trinajstić information content (AvgIpc) is 3.18. The van der Waals surface area contributed by atoms with Crippen molar-refractivity contribution in [3.63, 3.8) is 0 Å². The minimum absolute atomic E-state index is 0.132. The number of methoxy groups -OCH3 is 1. The second-order valence-corrected chi connectivity index (χ2v) is 11.3. The SMILES string of the molecule is COc1cc(N(C)CCN(C)C)ccc1-c1nc2c(c(C3CCCCC3)nn2C)c(=O)[nH]1.CS(=O)(=O)O. The zero-order valence-corrected chi connectivity index (χ0v) is 23.3. The topological polar surface area (TPSA) is 134 Å². The third-order valence-corrected chi connectivity index (χ3v) is 6.48.